The fraction of sp³-hybridized carbons (Fsp3) is 0.875. The van der Waals surface area contributed by atoms with Crippen molar-refractivity contribution in [2.45, 2.75) is 31.8 Å². The Balaban J connectivity index is 2.24. The number of carboxylic acids is 1. The van der Waals surface area contributed by atoms with Gasteiger partial charge in [-0.25, -0.2) is 0 Å². The van der Waals surface area contributed by atoms with Gasteiger partial charge in [0.25, 0.3) is 0 Å². The van der Waals surface area contributed by atoms with Crippen LogP contribution in [0.15, 0.2) is 0 Å². The lowest BCUT2D eigenvalue weighted by molar-refractivity contribution is -0.139. The zero-order chi connectivity index (χ0) is 8.97. The van der Waals surface area contributed by atoms with E-state index in [1.165, 1.54) is 12.2 Å². The van der Waals surface area contributed by atoms with Crippen molar-refractivity contribution in [3.8, 4) is 0 Å². The Morgan fingerprint density at radius 2 is 2.50 bits per heavy atom. The average Bonchev–Trinajstić information content (AvgIpc) is 2.06. The maximum Gasteiger partial charge on any atom is 0.320 e. The largest absolute Gasteiger partial charge is 0.480 e. The van der Waals surface area contributed by atoms with Gasteiger partial charge in [-0.3, -0.25) is 4.79 Å². The second kappa shape index (κ2) is 4.72. The van der Waals surface area contributed by atoms with Crippen LogP contribution in [0.5, 0.6) is 0 Å². The molecule has 1 saturated heterocycles. The molecule has 0 saturated carbocycles. The van der Waals surface area contributed by atoms with Crippen molar-refractivity contribution in [1.82, 2.24) is 5.32 Å². The lowest BCUT2D eigenvalue weighted by Gasteiger charge is -2.24. The SMILES string of the molecule is C[C@H](NC1CCCSC1)C(=O)O. The number of nitrogens with one attached hydrogen (secondary N) is 1. The molecule has 4 heteroatoms. The van der Waals surface area contributed by atoms with Crippen LogP contribution >= 0.6 is 11.8 Å². The van der Waals surface area contributed by atoms with Crippen molar-refractivity contribution in [3.05, 3.63) is 0 Å². The first-order valence-electron chi connectivity index (χ1n) is 4.26. The summed E-state index contributed by atoms with van der Waals surface area (Å²) in [6.07, 6.45) is 2.32. The van der Waals surface area contributed by atoms with E-state index >= 15 is 0 Å². The molecule has 2 atom stereocenters. The second-order valence-electron chi connectivity index (χ2n) is 3.14. The van der Waals surface area contributed by atoms with Crippen molar-refractivity contribution in [2.24, 2.45) is 0 Å². The third-order valence-electron chi connectivity index (χ3n) is 2.02. The highest BCUT2D eigenvalue weighted by Crippen LogP contribution is 2.17. The number of carbonyl (C=O) groups is 1. The van der Waals surface area contributed by atoms with Gasteiger partial charge >= 0.3 is 5.97 Å². The molecule has 3 nitrogen and oxygen atoms in total. The number of carboxylic acid groups (broad SMARTS) is 1. The van der Waals surface area contributed by atoms with E-state index in [0.29, 0.717) is 6.04 Å². The maximum atomic E-state index is 10.5. The normalized spacial score (nSPS) is 26.6. The molecular formula is C8H15NO2S. The predicted octanol–water partition coefficient (Wildman–Crippen LogP) is 0.945. The van der Waals surface area contributed by atoms with E-state index in [1.54, 1.807) is 6.92 Å². The summed E-state index contributed by atoms with van der Waals surface area (Å²) < 4.78 is 0. The highest BCUT2D eigenvalue weighted by Gasteiger charge is 2.18. The van der Waals surface area contributed by atoms with E-state index in [4.69, 9.17) is 5.11 Å². The average molecular weight is 189 g/mol. The van der Waals surface area contributed by atoms with Crippen LogP contribution in [0, 0.1) is 0 Å². The topological polar surface area (TPSA) is 49.3 Å². The van der Waals surface area contributed by atoms with Crippen LogP contribution in [0.4, 0.5) is 0 Å². The quantitative estimate of drug-likeness (QED) is 0.694. The molecule has 0 aliphatic carbocycles. The summed E-state index contributed by atoms with van der Waals surface area (Å²) in [5.74, 6) is 1.52. The van der Waals surface area contributed by atoms with E-state index in [2.05, 4.69) is 5.32 Å². The predicted molar refractivity (Wildman–Crippen MR) is 50.6 cm³/mol. The molecule has 0 amide bonds. The van der Waals surface area contributed by atoms with Gasteiger partial charge in [0.15, 0.2) is 0 Å². The standard InChI is InChI=1S/C8H15NO2S/c1-6(8(10)11)9-7-3-2-4-12-5-7/h6-7,9H,2-5H2,1H3,(H,10,11)/t6-,7?/m0/s1. The number of rotatable bonds is 3. The lowest BCUT2D eigenvalue weighted by atomic mass is 10.1. The van der Waals surface area contributed by atoms with Gasteiger partial charge in [0.1, 0.15) is 6.04 Å². The molecule has 0 aromatic carbocycles. The van der Waals surface area contributed by atoms with Crippen molar-refractivity contribution in [1.29, 1.82) is 0 Å². The molecule has 0 radical (unpaired) electrons. The molecule has 0 aromatic rings. The summed E-state index contributed by atoms with van der Waals surface area (Å²) >= 11 is 1.90. The first-order valence-corrected chi connectivity index (χ1v) is 5.42. The van der Waals surface area contributed by atoms with Crippen LogP contribution in [0.2, 0.25) is 0 Å². The van der Waals surface area contributed by atoms with E-state index in [1.807, 2.05) is 11.8 Å². The number of hydrogen-bond donors (Lipinski definition) is 2. The van der Waals surface area contributed by atoms with Gasteiger partial charge in [0, 0.05) is 11.8 Å². The minimum absolute atomic E-state index is 0.398. The molecule has 0 bridgehead atoms. The van der Waals surface area contributed by atoms with Crippen molar-refractivity contribution >= 4 is 17.7 Å². The molecule has 1 aliphatic heterocycles. The molecule has 1 heterocycles. The fourth-order valence-corrected chi connectivity index (χ4v) is 2.38. The van der Waals surface area contributed by atoms with E-state index in [9.17, 15) is 4.79 Å². The Labute approximate surface area is 76.9 Å². The van der Waals surface area contributed by atoms with Gasteiger partial charge in [0.05, 0.1) is 0 Å². The van der Waals surface area contributed by atoms with E-state index in [-0.39, 0.29) is 0 Å². The Bertz CT molecular complexity index is 157. The molecule has 2 N–H and O–H groups in total. The van der Waals surface area contributed by atoms with Gasteiger partial charge in [0.2, 0.25) is 0 Å². The monoisotopic (exact) mass is 189 g/mol. The molecule has 0 aromatic heterocycles. The Hall–Kier alpha value is -0.220. The summed E-state index contributed by atoms with van der Waals surface area (Å²) in [4.78, 5) is 10.5. The van der Waals surface area contributed by atoms with Gasteiger partial charge in [-0.05, 0) is 25.5 Å². The van der Waals surface area contributed by atoms with E-state index < -0.39 is 12.0 Å². The van der Waals surface area contributed by atoms with Crippen molar-refractivity contribution < 1.29 is 9.90 Å². The molecule has 70 valence electrons. The summed E-state index contributed by atoms with van der Waals surface area (Å²) in [5.41, 5.74) is 0. The van der Waals surface area contributed by atoms with Gasteiger partial charge in [-0.2, -0.15) is 11.8 Å². The molecule has 1 unspecified atom stereocenters. The first-order chi connectivity index (χ1) is 5.70. The lowest BCUT2D eigenvalue weighted by Crippen LogP contribution is -2.43. The highest BCUT2D eigenvalue weighted by molar-refractivity contribution is 7.99. The second-order valence-corrected chi connectivity index (χ2v) is 4.29. The summed E-state index contributed by atoms with van der Waals surface area (Å²) in [7, 11) is 0. The summed E-state index contributed by atoms with van der Waals surface area (Å²) in [6.45, 7) is 1.70. The zero-order valence-corrected chi connectivity index (χ0v) is 8.06. The van der Waals surface area contributed by atoms with Gasteiger partial charge in [-0.1, -0.05) is 0 Å². The molecule has 12 heavy (non-hydrogen) atoms. The minimum atomic E-state index is -0.759. The summed E-state index contributed by atoms with van der Waals surface area (Å²) in [6, 6.07) is -0.0106. The van der Waals surface area contributed by atoms with Crippen LogP contribution in [0.1, 0.15) is 19.8 Å². The number of aliphatic carboxylic acids is 1. The zero-order valence-electron chi connectivity index (χ0n) is 7.25. The van der Waals surface area contributed by atoms with Crippen LogP contribution in [-0.4, -0.2) is 34.7 Å². The van der Waals surface area contributed by atoms with Crippen LogP contribution in [0.3, 0.4) is 0 Å². The summed E-state index contributed by atoms with van der Waals surface area (Å²) in [5, 5.41) is 11.7. The van der Waals surface area contributed by atoms with Crippen LogP contribution in [-0.2, 0) is 4.79 Å². The van der Waals surface area contributed by atoms with Crippen LogP contribution < -0.4 is 5.32 Å². The van der Waals surface area contributed by atoms with Crippen molar-refractivity contribution in [3.63, 3.8) is 0 Å². The van der Waals surface area contributed by atoms with Crippen LogP contribution in [0.25, 0.3) is 0 Å². The highest BCUT2D eigenvalue weighted by atomic mass is 32.2. The van der Waals surface area contributed by atoms with Gasteiger partial charge in [-0.15, -0.1) is 0 Å². The van der Waals surface area contributed by atoms with Gasteiger partial charge < -0.3 is 10.4 Å². The fourth-order valence-electron chi connectivity index (χ4n) is 1.30. The third kappa shape index (κ3) is 3.03. The molecule has 1 rings (SSSR count). The Kier molecular flexibility index (Phi) is 3.88. The molecule has 1 aliphatic rings. The molecule has 0 spiro atoms. The Morgan fingerprint density at radius 1 is 1.75 bits per heavy atom. The molecule has 1 fully saturated rings. The first kappa shape index (κ1) is 9.86. The Morgan fingerprint density at radius 3 is 3.00 bits per heavy atom. The third-order valence-corrected chi connectivity index (χ3v) is 3.23. The minimum Gasteiger partial charge on any atom is -0.480 e. The number of hydrogen-bond acceptors (Lipinski definition) is 3. The maximum absolute atomic E-state index is 10.5. The molecular weight excluding hydrogens is 174 g/mol. The van der Waals surface area contributed by atoms with E-state index in [0.717, 1.165) is 12.2 Å². The number of thioether (sulfide) groups is 1. The smallest absolute Gasteiger partial charge is 0.320 e. The van der Waals surface area contributed by atoms with Crippen molar-refractivity contribution in [2.75, 3.05) is 11.5 Å².